The average molecular weight is 345 g/mol. The summed E-state index contributed by atoms with van der Waals surface area (Å²) >= 11 is 0. The predicted molar refractivity (Wildman–Crippen MR) is 85.2 cm³/mol. The molecule has 0 aliphatic rings. The van der Waals surface area contributed by atoms with Crippen molar-refractivity contribution < 1.29 is 32.7 Å². The van der Waals surface area contributed by atoms with E-state index in [1.54, 1.807) is 6.04 Å². The van der Waals surface area contributed by atoms with Crippen LogP contribution in [0.5, 0.6) is 0 Å². The maximum Gasteiger partial charge on any atom is 0.0473 e. The molecule has 0 aliphatic carbocycles. The number of hydrogen-bond acceptors (Lipinski definition) is 0. The number of unbranched alkanes of at least 4 members (excludes halogenated alkanes) is 6. The third kappa shape index (κ3) is 22.5. The second kappa shape index (κ2) is 23.4. The van der Waals surface area contributed by atoms with Gasteiger partial charge in [0, 0.05) is 41.5 Å². The van der Waals surface area contributed by atoms with E-state index in [2.05, 4.69) is 34.6 Å². The normalized spacial score (nSPS) is 9.67. The summed E-state index contributed by atoms with van der Waals surface area (Å²) in [6.45, 7) is 13.0. The monoisotopic (exact) mass is 345 g/mol. The zero-order valence-corrected chi connectivity index (χ0v) is 17.4. The van der Waals surface area contributed by atoms with Crippen LogP contribution in [0.3, 0.4) is 0 Å². The van der Waals surface area contributed by atoms with Gasteiger partial charge < -0.3 is 6.92 Å². The van der Waals surface area contributed by atoms with E-state index < -0.39 is 0 Å². The van der Waals surface area contributed by atoms with Gasteiger partial charge in [0.1, 0.15) is 0 Å². The van der Waals surface area contributed by atoms with Crippen LogP contribution < -0.4 is 0 Å². The van der Waals surface area contributed by atoms with Crippen molar-refractivity contribution in [3.05, 3.63) is 6.92 Å². The molecule has 0 amide bonds. The summed E-state index contributed by atoms with van der Waals surface area (Å²) in [5.41, 5.74) is 0. The van der Waals surface area contributed by atoms with Crippen molar-refractivity contribution in [3.63, 3.8) is 0 Å². The summed E-state index contributed by atoms with van der Waals surface area (Å²) in [7, 11) is 0.114. The van der Waals surface area contributed by atoms with E-state index in [1.165, 1.54) is 57.0 Å². The summed E-state index contributed by atoms with van der Waals surface area (Å²) < 4.78 is 0. The minimum atomic E-state index is 0. The van der Waals surface area contributed by atoms with Gasteiger partial charge in [-0.2, -0.15) is 6.42 Å². The molecule has 0 fully saturated rings. The SMILES string of the molecule is CCCC[Si](CC)CC.[CH2-]CCCCCCC.[Y]. The van der Waals surface area contributed by atoms with E-state index in [0.717, 1.165) is 6.42 Å². The molecule has 0 aromatic heterocycles. The van der Waals surface area contributed by atoms with Crippen LogP contribution in [-0.2, 0) is 32.7 Å². The minimum absolute atomic E-state index is 0. The molecule has 2 radical (unpaired) electrons. The first-order chi connectivity index (χ1) is 8.26. The molecule has 0 unspecified atom stereocenters. The van der Waals surface area contributed by atoms with Gasteiger partial charge in [0.25, 0.3) is 0 Å². The van der Waals surface area contributed by atoms with Crippen molar-refractivity contribution in [1.29, 1.82) is 0 Å². The van der Waals surface area contributed by atoms with Crippen LogP contribution in [0, 0.1) is 6.92 Å². The van der Waals surface area contributed by atoms with Crippen molar-refractivity contribution in [2.24, 2.45) is 0 Å². The summed E-state index contributed by atoms with van der Waals surface area (Å²) in [5, 5.41) is 0. The number of hydrogen-bond donors (Lipinski definition) is 0. The van der Waals surface area contributed by atoms with Gasteiger partial charge in [-0.05, 0) is 0 Å². The Morgan fingerprint density at radius 1 is 0.722 bits per heavy atom. The standard InChI is InChI=1S/C8H19Si.C8H17.Y/c1-4-7-8-9(5-2)6-3;1-3-5-7-8-6-4-2;/h4-8H2,1-3H3;1,3-8H2,2H3;/q;-1;. The number of rotatable bonds is 10. The molecule has 0 N–H and O–H groups in total. The van der Waals surface area contributed by atoms with Gasteiger partial charge in [0.05, 0.1) is 0 Å². The van der Waals surface area contributed by atoms with Crippen LogP contribution in [0.1, 0.15) is 79.1 Å². The van der Waals surface area contributed by atoms with Crippen molar-refractivity contribution in [2.45, 2.75) is 97.2 Å². The Morgan fingerprint density at radius 3 is 1.61 bits per heavy atom. The van der Waals surface area contributed by atoms with E-state index in [1.807, 2.05) is 0 Å². The summed E-state index contributed by atoms with van der Waals surface area (Å²) in [4.78, 5) is 0. The van der Waals surface area contributed by atoms with Crippen molar-refractivity contribution in [3.8, 4) is 0 Å². The molecule has 0 nitrogen and oxygen atoms in total. The van der Waals surface area contributed by atoms with Crippen LogP contribution in [0.25, 0.3) is 0 Å². The smallest absolute Gasteiger partial charge is 0.0473 e. The minimum Gasteiger partial charge on any atom is -0.343 e. The molecule has 18 heavy (non-hydrogen) atoms. The first-order valence-electron chi connectivity index (χ1n) is 7.89. The van der Waals surface area contributed by atoms with E-state index in [4.69, 9.17) is 0 Å². The van der Waals surface area contributed by atoms with Gasteiger partial charge in [-0.1, -0.05) is 90.8 Å². The Bertz CT molecular complexity index is 108. The Kier molecular flexibility index (Phi) is 31.7. The van der Waals surface area contributed by atoms with Crippen LogP contribution in [0.4, 0.5) is 0 Å². The molecule has 0 rings (SSSR count). The van der Waals surface area contributed by atoms with Gasteiger partial charge in [0.2, 0.25) is 0 Å². The first-order valence-corrected chi connectivity index (χ1v) is 10.0. The van der Waals surface area contributed by atoms with Gasteiger partial charge in [-0.3, -0.25) is 0 Å². The van der Waals surface area contributed by atoms with Crippen LogP contribution in [-0.4, -0.2) is 8.80 Å². The Hall–Kier alpha value is 1.32. The second-order valence-corrected chi connectivity index (χ2v) is 8.24. The fourth-order valence-electron chi connectivity index (χ4n) is 1.81. The molecule has 0 aliphatic heterocycles. The van der Waals surface area contributed by atoms with E-state index in [0.29, 0.717) is 0 Å². The quantitative estimate of drug-likeness (QED) is 0.241. The van der Waals surface area contributed by atoms with E-state index in [9.17, 15) is 0 Å². The molecular weight excluding hydrogens is 309 g/mol. The zero-order chi connectivity index (χ0) is 13.4. The van der Waals surface area contributed by atoms with Crippen molar-refractivity contribution in [1.82, 2.24) is 0 Å². The Balaban J connectivity index is -0.000000238. The topological polar surface area (TPSA) is 0 Å². The molecule has 108 valence electrons. The van der Waals surface area contributed by atoms with Crippen LogP contribution in [0.2, 0.25) is 18.1 Å². The third-order valence-electron chi connectivity index (χ3n) is 3.24. The van der Waals surface area contributed by atoms with Crippen molar-refractivity contribution in [2.75, 3.05) is 0 Å². The Labute approximate surface area is 145 Å². The average Bonchev–Trinajstić information content (AvgIpc) is 2.37. The molecule has 0 bridgehead atoms. The van der Waals surface area contributed by atoms with Gasteiger partial charge in [-0.25, -0.2) is 0 Å². The molecule has 0 saturated heterocycles. The molecule has 0 aromatic carbocycles. The maximum absolute atomic E-state index is 3.78. The molecule has 0 atom stereocenters. The Morgan fingerprint density at radius 2 is 1.22 bits per heavy atom. The molecule has 0 aromatic rings. The molecular formula is C16H36SiY-. The summed E-state index contributed by atoms with van der Waals surface area (Å²) in [6, 6.07) is 4.50. The largest absolute Gasteiger partial charge is 0.343 e. The summed E-state index contributed by atoms with van der Waals surface area (Å²) in [5.74, 6) is 0. The van der Waals surface area contributed by atoms with Crippen molar-refractivity contribution >= 4 is 8.80 Å². The van der Waals surface area contributed by atoms with Gasteiger partial charge in [-0.15, -0.1) is 0 Å². The van der Waals surface area contributed by atoms with Crippen LogP contribution in [0.15, 0.2) is 0 Å². The van der Waals surface area contributed by atoms with Crippen LogP contribution >= 0.6 is 0 Å². The third-order valence-corrected chi connectivity index (χ3v) is 6.30. The fourth-order valence-corrected chi connectivity index (χ4v) is 3.87. The fraction of sp³-hybridized carbons (Fsp3) is 0.938. The zero-order valence-electron chi connectivity index (χ0n) is 13.6. The molecule has 2 heteroatoms. The second-order valence-electron chi connectivity index (χ2n) is 4.83. The van der Waals surface area contributed by atoms with E-state index >= 15 is 0 Å². The first kappa shape index (κ1) is 24.3. The van der Waals surface area contributed by atoms with Gasteiger partial charge in [0.15, 0.2) is 0 Å². The van der Waals surface area contributed by atoms with E-state index in [-0.39, 0.29) is 41.5 Å². The summed E-state index contributed by atoms with van der Waals surface area (Å²) in [6.07, 6.45) is 10.8. The molecule has 0 saturated carbocycles. The maximum atomic E-state index is 3.78. The predicted octanol–water partition coefficient (Wildman–Crippen LogP) is 6.50. The van der Waals surface area contributed by atoms with Gasteiger partial charge >= 0.3 is 0 Å². The molecule has 0 heterocycles. The molecule has 0 spiro atoms.